The maximum atomic E-state index is 12.3. The van der Waals surface area contributed by atoms with Crippen molar-refractivity contribution in [2.75, 3.05) is 0 Å². The van der Waals surface area contributed by atoms with E-state index in [0.29, 0.717) is 22.5 Å². The van der Waals surface area contributed by atoms with Crippen LogP contribution in [0.5, 0.6) is 5.75 Å². The normalized spacial score (nSPS) is 13.4. The SMILES string of the molecule is Cc1c(C)c2ccc(OC(C)C(=O)N[C@@H](C(=O)O)C(C)C)c(C)c2oc1=O. The number of rotatable bonds is 6. The molecule has 0 spiro atoms. The first-order valence-electron chi connectivity index (χ1n) is 8.78. The molecule has 27 heavy (non-hydrogen) atoms. The zero-order chi connectivity index (χ0) is 20.5. The van der Waals surface area contributed by atoms with E-state index in [1.165, 1.54) is 6.92 Å². The van der Waals surface area contributed by atoms with Gasteiger partial charge in [-0.05, 0) is 51.3 Å². The Morgan fingerprint density at radius 2 is 1.70 bits per heavy atom. The van der Waals surface area contributed by atoms with Crippen LogP contribution in [0.2, 0.25) is 0 Å². The molecule has 0 radical (unpaired) electrons. The van der Waals surface area contributed by atoms with E-state index in [9.17, 15) is 19.5 Å². The Hall–Kier alpha value is -2.83. The van der Waals surface area contributed by atoms with E-state index >= 15 is 0 Å². The number of hydrogen-bond donors (Lipinski definition) is 2. The molecule has 1 unspecified atom stereocenters. The van der Waals surface area contributed by atoms with Crippen molar-refractivity contribution in [2.24, 2.45) is 5.92 Å². The van der Waals surface area contributed by atoms with Gasteiger partial charge in [0.25, 0.3) is 5.91 Å². The van der Waals surface area contributed by atoms with Gasteiger partial charge in [-0.1, -0.05) is 13.8 Å². The minimum absolute atomic E-state index is 0.262. The Kier molecular flexibility index (Phi) is 5.93. The van der Waals surface area contributed by atoms with E-state index in [-0.39, 0.29) is 5.92 Å². The maximum Gasteiger partial charge on any atom is 0.339 e. The Balaban J connectivity index is 2.29. The first-order chi connectivity index (χ1) is 12.5. The minimum atomic E-state index is -1.10. The summed E-state index contributed by atoms with van der Waals surface area (Å²) in [5.74, 6) is -1.49. The number of amides is 1. The number of carboxylic acid groups (broad SMARTS) is 1. The van der Waals surface area contributed by atoms with Gasteiger partial charge in [0.15, 0.2) is 6.10 Å². The molecule has 2 aromatic rings. The van der Waals surface area contributed by atoms with Gasteiger partial charge in [0.1, 0.15) is 17.4 Å². The summed E-state index contributed by atoms with van der Waals surface area (Å²) in [6, 6.07) is 2.50. The van der Waals surface area contributed by atoms with Gasteiger partial charge in [0, 0.05) is 16.5 Å². The first kappa shape index (κ1) is 20.5. The molecule has 2 atom stereocenters. The number of carbonyl (C=O) groups is 2. The maximum absolute atomic E-state index is 12.3. The van der Waals surface area contributed by atoms with Crippen molar-refractivity contribution in [3.8, 4) is 5.75 Å². The number of aryl methyl sites for hydroxylation is 2. The monoisotopic (exact) mass is 375 g/mol. The molecule has 7 heteroatoms. The number of carboxylic acids is 1. The first-order valence-corrected chi connectivity index (χ1v) is 8.78. The van der Waals surface area contributed by atoms with E-state index in [4.69, 9.17) is 9.15 Å². The average molecular weight is 375 g/mol. The Morgan fingerprint density at radius 3 is 2.26 bits per heavy atom. The molecule has 146 valence electrons. The summed E-state index contributed by atoms with van der Waals surface area (Å²) in [6.45, 7) is 10.3. The highest BCUT2D eigenvalue weighted by Crippen LogP contribution is 2.29. The van der Waals surface area contributed by atoms with Crippen LogP contribution in [0.4, 0.5) is 0 Å². The molecule has 0 saturated carbocycles. The van der Waals surface area contributed by atoms with Crippen LogP contribution < -0.4 is 15.7 Å². The molecule has 7 nitrogen and oxygen atoms in total. The highest BCUT2D eigenvalue weighted by atomic mass is 16.5. The quantitative estimate of drug-likeness (QED) is 0.752. The summed E-state index contributed by atoms with van der Waals surface area (Å²) >= 11 is 0. The Bertz CT molecular complexity index is 944. The lowest BCUT2D eigenvalue weighted by atomic mass is 10.0. The standard InChI is InChI=1S/C20H25NO6/c1-9(2)16(19(23)24)21-18(22)13(6)26-15-8-7-14-10(3)11(4)20(25)27-17(14)12(15)5/h7-9,13,16H,1-6H3,(H,21,22)(H,23,24)/t13?,16-/m1/s1. The molecule has 1 heterocycles. The van der Waals surface area contributed by atoms with Crippen molar-refractivity contribution >= 4 is 22.8 Å². The van der Waals surface area contributed by atoms with Gasteiger partial charge >= 0.3 is 11.6 Å². The molecule has 1 aromatic carbocycles. The molecule has 0 fully saturated rings. The van der Waals surface area contributed by atoms with E-state index in [1.807, 2.05) is 6.92 Å². The molecule has 1 amide bonds. The predicted octanol–water partition coefficient (Wildman–Crippen LogP) is 2.71. The molecule has 0 aliphatic heterocycles. The Morgan fingerprint density at radius 1 is 1.07 bits per heavy atom. The number of nitrogens with one attached hydrogen (secondary N) is 1. The zero-order valence-electron chi connectivity index (χ0n) is 16.4. The highest BCUT2D eigenvalue weighted by Gasteiger charge is 2.27. The number of carbonyl (C=O) groups excluding carboxylic acids is 1. The van der Waals surface area contributed by atoms with Crippen LogP contribution in [0.15, 0.2) is 21.3 Å². The molecule has 0 aliphatic rings. The third-order valence-corrected chi connectivity index (χ3v) is 4.73. The van der Waals surface area contributed by atoms with Crippen LogP contribution in [0, 0.1) is 26.7 Å². The lowest BCUT2D eigenvalue weighted by molar-refractivity contribution is -0.144. The zero-order valence-corrected chi connectivity index (χ0v) is 16.4. The van der Waals surface area contributed by atoms with Crippen molar-refractivity contribution in [2.45, 2.75) is 53.7 Å². The Labute approximate surface area is 157 Å². The van der Waals surface area contributed by atoms with Crippen LogP contribution >= 0.6 is 0 Å². The van der Waals surface area contributed by atoms with E-state index in [2.05, 4.69) is 5.32 Å². The van der Waals surface area contributed by atoms with Crippen LogP contribution in [-0.2, 0) is 9.59 Å². The molecule has 0 bridgehead atoms. The van der Waals surface area contributed by atoms with Gasteiger partial charge in [0.05, 0.1) is 0 Å². The second-order valence-corrected chi connectivity index (χ2v) is 7.03. The number of fused-ring (bicyclic) bond motifs is 1. The lowest BCUT2D eigenvalue weighted by Gasteiger charge is -2.22. The topological polar surface area (TPSA) is 106 Å². The van der Waals surface area contributed by atoms with Gasteiger partial charge in [-0.25, -0.2) is 9.59 Å². The number of benzene rings is 1. The number of ether oxygens (including phenoxy) is 1. The molecule has 0 saturated heterocycles. The van der Waals surface area contributed by atoms with Crippen LogP contribution in [0.3, 0.4) is 0 Å². The van der Waals surface area contributed by atoms with Gasteiger partial charge < -0.3 is 19.6 Å². The fourth-order valence-electron chi connectivity index (χ4n) is 2.78. The second kappa shape index (κ2) is 7.82. The van der Waals surface area contributed by atoms with Gasteiger partial charge in [-0.2, -0.15) is 0 Å². The van der Waals surface area contributed by atoms with Crippen molar-refractivity contribution in [3.63, 3.8) is 0 Å². The lowest BCUT2D eigenvalue weighted by Crippen LogP contribution is -2.48. The largest absolute Gasteiger partial charge is 0.480 e. The predicted molar refractivity (Wildman–Crippen MR) is 101 cm³/mol. The molecule has 1 aromatic heterocycles. The molecular weight excluding hydrogens is 350 g/mol. The molecule has 2 rings (SSSR count). The molecular formula is C20H25NO6. The smallest absolute Gasteiger partial charge is 0.339 e. The van der Waals surface area contributed by atoms with Crippen molar-refractivity contribution in [1.29, 1.82) is 0 Å². The van der Waals surface area contributed by atoms with Gasteiger partial charge in [0.2, 0.25) is 0 Å². The number of aliphatic carboxylic acids is 1. The molecule has 2 N–H and O–H groups in total. The van der Waals surface area contributed by atoms with E-state index in [0.717, 1.165) is 10.9 Å². The van der Waals surface area contributed by atoms with Gasteiger partial charge in [-0.15, -0.1) is 0 Å². The third-order valence-electron chi connectivity index (χ3n) is 4.73. The number of hydrogen-bond acceptors (Lipinski definition) is 5. The summed E-state index contributed by atoms with van der Waals surface area (Å²) in [5.41, 5.74) is 2.00. The fraction of sp³-hybridized carbons (Fsp3) is 0.450. The summed E-state index contributed by atoms with van der Waals surface area (Å²) in [4.78, 5) is 35.5. The highest BCUT2D eigenvalue weighted by molar-refractivity contribution is 5.87. The summed E-state index contributed by atoms with van der Waals surface area (Å²) in [6.07, 6.45) is -0.917. The van der Waals surface area contributed by atoms with Crippen molar-refractivity contribution in [3.05, 3.63) is 39.2 Å². The van der Waals surface area contributed by atoms with Crippen LogP contribution in [-0.4, -0.2) is 29.1 Å². The summed E-state index contributed by atoms with van der Waals surface area (Å²) in [5, 5.41) is 12.5. The van der Waals surface area contributed by atoms with Crippen molar-refractivity contribution in [1.82, 2.24) is 5.32 Å². The van der Waals surface area contributed by atoms with E-state index in [1.54, 1.807) is 39.8 Å². The van der Waals surface area contributed by atoms with Crippen LogP contribution in [0.25, 0.3) is 11.0 Å². The molecule has 0 aliphatic carbocycles. The fourth-order valence-corrected chi connectivity index (χ4v) is 2.78. The average Bonchev–Trinajstić information content (AvgIpc) is 2.59. The van der Waals surface area contributed by atoms with Gasteiger partial charge in [-0.3, -0.25) is 4.79 Å². The summed E-state index contributed by atoms with van der Waals surface area (Å²) < 4.78 is 11.1. The summed E-state index contributed by atoms with van der Waals surface area (Å²) in [7, 11) is 0. The van der Waals surface area contributed by atoms with E-state index < -0.39 is 29.6 Å². The van der Waals surface area contributed by atoms with Crippen LogP contribution in [0.1, 0.15) is 37.5 Å². The van der Waals surface area contributed by atoms with Crippen molar-refractivity contribution < 1.29 is 23.8 Å². The minimum Gasteiger partial charge on any atom is -0.480 e. The third kappa shape index (κ3) is 4.13. The second-order valence-electron chi connectivity index (χ2n) is 7.03.